The van der Waals surface area contributed by atoms with Crippen molar-refractivity contribution in [3.05, 3.63) is 59.1 Å². The molecule has 1 N–H and O–H groups in total. The van der Waals surface area contributed by atoms with Gasteiger partial charge in [0.05, 0.1) is 25.8 Å². The number of nitrogens with one attached hydrogen (secondary N) is 1. The van der Waals surface area contributed by atoms with Gasteiger partial charge in [-0.2, -0.15) is 0 Å². The molecule has 1 heterocycles. The molecule has 0 aliphatic carbocycles. The van der Waals surface area contributed by atoms with Gasteiger partial charge in [0.25, 0.3) is 5.91 Å². The van der Waals surface area contributed by atoms with Crippen molar-refractivity contribution in [2.45, 2.75) is 6.10 Å². The first-order valence-corrected chi connectivity index (χ1v) is 8.11. The Kier molecular flexibility index (Phi) is 5.09. The average molecular weight is 361 g/mol. The standard InChI is InChI=1S/C18H17ClN2O4/c1-24-16-5-3-2-4-15(16)17(22)20-10-14-11-21(18(23)25-14)13-8-6-12(19)7-9-13/h2-9,14H,10-11H2,1H3,(H,20,22). The Morgan fingerprint density at radius 3 is 2.72 bits per heavy atom. The third-order valence-corrected chi connectivity index (χ3v) is 4.11. The Balaban J connectivity index is 1.60. The Morgan fingerprint density at radius 2 is 2.00 bits per heavy atom. The number of rotatable bonds is 5. The van der Waals surface area contributed by atoms with Crippen molar-refractivity contribution in [3.63, 3.8) is 0 Å². The molecule has 1 saturated heterocycles. The monoisotopic (exact) mass is 360 g/mol. The summed E-state index contributed by atoms with van der Waals surface area (Å²) in [5.74, 6) is 0.213. The van der Waals surface area contributed by atoms with Crippen LogP contribution in [0.15, 0.2) is 48.5 Å². The first kappa shape index (κ1) is 17.1. The SMILES string of the molecule is COc1ccccc1C(=O)NCC1CN(c2ccc(Cl)cc2)C(=O)O1. The van der Waals surface area contributed by atoms with E-state index in [0.29, 0.717) is 28.6 Å². The van der Waals surface area contributed by atoms with Crippen molar-refractivity contribution in [2.24, 2.45) is 0 Å². The maximum absolute atomic E-state index is 12.3. The summed E-state index contributed by atoms with van der Waals surface area (Å²) in [5.41, 5.74) is 1.14. The highest BCUT2D eigenvalue weighted by Crippen LogP contribution is 2.23. The van der Waals surface area contributed by atoms with Crippen LogP contribution in [0.2, 0.25) is 5.02 Å². The molecule has 25 heavy (non-hydrogen) atoms. The van der Waals surface area contributed by atoms with E-state index < -0.39 is 12.2 Å². The zero-order valence-electron chi connectivity index (χ0n) is 13.6. The van der Waals surface area contributed by atoms with Crippen molar-refractivity contribution < 1.29 is 19.1 Å². The van der Waals surface area contributed by atoms with Crippen LogP contribution in [-0.2, 0) is 4.74 Å². The van der Waals surface area contributed by atoms with Crippen LogP contribution < -0.4 is 15.0 Å². The van der Waals surface area contributed by atoms with E-state index in [1.54, 1.807) is 48.5 Å². The van der Waals surface area contributed by atoms with E-state index in [-0.39, 0.29) is 12.5 Å². The lowest BCUT2D eigenvalue weighted by molar-refractivity contribution is 0.0913. The number of halogens is 1. The van der Waals surface area contributed by atoms with Crippen molar-refractivity contribution in [3.8, 4) is 5.75 Å². The van der Waals surface area contributed by atoms with E-state index in [9.17, 15) is 9.59 Å². The number of benzene rings is 2. The molecule has 1 unspecified atom stereocenters. The summed E-state index contributed by atoms with van der Waals surface area (Å²) in [6.07, 6.45) is -0.874. The van der Waals surface area contributed by atoms with Crippen LogP contribution in [0.5, 0.6) is 5.75 Å². The second-order valence-electron chi connectivity index (χ2n) is 5.50. The number of ether oxygens (including phenoxy) is 2. The fourth-order valence-corrected chi connectivity index (χ4v) is 2.72. The highest BCUT2D eigenvalue weighted by atomic mass is 35.5. The van der Waals surface area contributed by atoms with Gasteiger partial charge in [-0.05, 0) is 36.4 Å². The van der Waals surface area contributed by atoms with Crippen LogP contribution in [-0.4, -0.2) is 38.3 Å². The van der Waals surface area contributed by atoms with E-state index in [1.807, 2.05) is 0 Å². The third-order valence-electron chi connectivity index (χ3n) is 3.85. The number of hydrogen-bond acceptors (Lipinski definition) is 4. The molecule has 1 aliphatic heterocycles. The van der Waals surface area contributed by atoms with Gasteiger partial charge in [0.2, 0.25) is 0 Å². The summed E-state index contributed by atoms with van der Waals surface area (Å²) in [4.78, 5) is 25.8. The molecule has 0 bridgehead atoms. The van der Waals surface area contributed by atoms with Gasteiger partial charge in [0, 0.05) is 10.7 Å². The Labute approximate surface area is 150 Å². The highest BCUT2D eigenvalue weighted by Gasteiger charge is 2.32. The largest absolute Gasteiger partial charge is 0.496 e. The number of para-hydroxylation sites is 1. The number of carbonyl (C=O) groups excluding carboxylic acids is 2. The normalized spacial score (nSPS) is 16.5. The lowest BCUT2D eigenvalue weighted by Crippen LogP contribution is -2.34. The summed E-state index contributed by atoms with van der Waals surface area (Å²) in [5, 5.41) is 3.37. The summed E-state index contributed by atoms with van der Waals surface area (Å²) in [6, 6.07) is 13.9. The number of nitrogens with zero attached hydrogens (tertiary/aromatic N) is 1. The van der Waals surface area contributed by atoms with Crippen molar-refractivity contribution in [1.29, 1.82) is 0 Å². The Bertz CT molecular complexity index is 779. The molecule has 6 nitrogen and oxygen atoms in total. The quantitative estimate of drug-likeness (QED) is 0.889. The number of carbonyl (C=O) groups is 2. The first-order chi connectivity index (χ1) is 12.1. The fourth-order valence-electron chi connectivity index (χ4n) is 2.59. The molecular weight excluding hydrogens is 344 g/mol. The van der Waals surface area contributed by atoms with E-state index >= 15 is 0 Å². The van der Waals surface area contributed by atoms with Crippen LogP contribution in [0.1, 0.15) is 10.4 Å². The van der Waals surface area contributed by atoms with Gasteiger partial charge in [0.1, 0.15) is 11.9 Å². The molecule has 2 aromatic rings. The smallest absolute Gasteiger partial charge is 0.414 e. The maximum Gasteiger partial charge on any atom is 0.414 e. The lowest BCUT2D eigenvalue weighted by Gasteiger charge is -2.13. The molecule has 2 aromatic carbocycles. The lowest BCUT2D eigenvalue weighted by atomic mass is 10.2. The Hall–Kier alpha value is -2.73. The van der Waals surface area contributed by atoms with Crippen LogP contribution in [0.3, 0.4) is 0 Å². The molecule has 3 rings (SSSR count). The predicted octanol–water partition coefficient (Wildman–Crippen LogP) is 3.10. The van der Waals surface area contributed by atoms with Crippen molar-refractivity contribution >= 4 is 29.3 Å². The Morgan fingerprint density at radius 1 is 1.28 bits per heavy atom. The molecule has 0 spiro atoms. The van der Waals surface area contributed by atoms with E-state index in [4.69, 9.17) is 21.1 Å². The summed E-state index contributed by atoms with van der Waals surface area (Å²) in [7, 11) is 1.51. The molecule has 0 aromatic heterocycles. The van der Waals surface area contributed by atoms with Crippen LogP contribution >= 0.6 is 11.6 Å². The minimum absolute atomic E-state index is 0.215. The van der Waals surface area contributed by atoms with E-state index in [0.717, 1.165) is 0 Å². The zero-order valence-corrected chi connectivity index (χ0v) is 14.3. The molecule has 1 aliphatic rings. The second-order valence-corrected chi connectivity index (χ2v) is 5.94. The minimum atomic E-state index is -0.445. The highest BCUT2D eigenvalue weighted by molar-refractivity contribution is 6.30. The number of hydrogen-bond donors (Lipinski definition) is 1. The molecule has 130 valence electrons. The molecule has 1 fully saturated rings. The fraction of sp³-hybridized carbons (Fsp3) is 0.222. The third kappa shape index (κ3) is 3.85. The molecule has 2 amide bonds. The van der Waals surface area contributed by atoms with Gasteiger partial charge in [-0.15, -0.1) is 0 Å². The zero-order chi connectivity index (χ0) is 17.8. The van der Waals surface area contributed by atoms with Gasteiger partial charge in [-0.3, -0.25) is 9.69 Å². The van der Waals surface area contributed by atoms with Gasteiger partial charge in [0.15, 0.2) is 0 Å². The average Bonchev–Trinajstić information content (AvgIpc) is 3.01. The number of methoxy groups -OCH3 is 1. The number of anilines is 1. The van der Waals surface area contributed by atoms with Crippen LogP contribution in [0, 0.1) is 0 Å². The molecule has 1 atom stereocenters. The predicted molar refractivity (Wildman–Crippen MR) is 94.4 cm³/mol. The maximum atomic E-state index is 12.3. The summed E-state index contributed by atoms with van der Waals surface area (Å²) < 4.78 is 10.5. The molecule has 0 saturated carbocycles. The van der Waals surface area contributed by atoms with Crippen LogP contribution in [0.25, 0.3) is 0 Å². The van der Waals surface area contributed by atoms with E-state index in [2.05, 4.69) is 5.32 Å². The van der Waals surface area contributed by atoms with Gasteiger partial charge in [-0.1, -0.05) is 23.7 Å². The summed E-state index contributed by atoms with van der Waals surface area (Å²) >= 11 is 5.86. The second kappa shape index (κ2) is 7.44. The topological polar surface area (TPSA) is 67.9 Å². The van der Waals surface area contributed by atoms with Gasteiger partial charge >= 0.3 is 6.09 Å². The van der Waals surface area contributed by atoms with Crippen molar-refractivity contribution in [1.82, 2.24) is 5.32 Å². The molecular formula is C18H17ClN2O4. The molecule has 0 radical (unpaired) electrons. The van der Waals surface area contributed by atoms with E-state index in [1.165, 1.54) is 12.0 Å². The number of amides is 2. The molecule has 7 heteroatoms. The minimum Gasteiger partial charge on any atom is -0.496 e. The van der Waals surface area contributed by atoms with Crippen molar-refractivity contribution in [2.75, 3.05) is 25.1 Å². The van der Waals surface area contributed by atoms with Crippen LogP contribution in [0.4, 0.5) is 10.5 Å². The first-order valence-electron chi connectivity index (χ1n) is 7.73. The van der Waals surface area contributed by atoms with Gasteiger partial charge in [-0.25, -0.2) is 4.79 Å². The van der Waals surface area contributed by atoms with Gasteiger partial charge < -0.3 is 14.8 Å². The number of cyclic esters (lactones) is 1. The summed E-state index contributed by atoms with van der Waals surface area (Å²) in [6.45, 7) is 0.569.